The summed E-state index contributed by atoms with van der Waals surface area (Å²) in [7, 11) is 0. The average molecular weight is 364 g/mol. The Bertz CT molecular complexity index is 692. The van der Waals surface area contributed by atoms with Crippen molar-refractivity contribution in [2.75, 3.05) is 18.5 Å². The number of anilines is 2. The summed E-state index contributed by atoms with van der Waals surface area (Å²) in [5.41, 5.74) is 0.860. The van der Waals surface area contributed by atoms with Crippen LogP contribution >= 0.6 is 23.1 Å². The fourth-order valence-electron chi connectivity index (χ4n) is 2.42. The van der Waals surface area contributed by atoms with Gasteiger partial charge in [0.1, 0.15) is 5.75 Å². The van der Waals surface area contributed by atoms with E-state index in [1.807, 2.05) is 31.2 Å². The Hall–Kier alpha value is -1.80. The first kappa shape index (κ1) is 17.0. The molecular formula is C16H20N4O2S2. The van der Waals surface area contributed by atoms with E-state index in [1.165, 1.54) is 23.1 Å². The van der Waals surface area contributed by atoms with E-state index in [4.69, 9.17) is 4.74 Å². The number of rotatable bonds is 6. The van der Waals surface area contributed by atoms with Crippen molar-refractivity contribution in [2.45, 2.75) is 35.8 Å². The summed E-state index contributed by atoms with van der Waals surface area (Å²) in [6.45, 7) is 3.33. The minimum absolute atomic E-state index is 0.0796. The van der Waals surface area contributed by atoms with E-state index in [1.54, 1.807) is 0 Å². The van der Waals surface area contributed by atoms with Crippen LogP contribution in [0.25, 0.3) is 0 Å². The number of nitrogens with one attached hydrogen (secondary N) is 2. The number of carbonyl (C=O) groups is 1. The van der Waals surface area contributed by atoms with E-state index in [0.29, 0.717) is 11.7 Å². The second kappa shape index (κ2) is 8.34. The van der Waals surface area contributed by atoms with E-state index in [9.17, 15) is 4.79 Å². The molecule has 1 aliphatic rings. The first-order chi connectivity index (χ1) is 11.8. The Morgan fingerprint density at radius 3 is 3.12 bits per heavy atom. The van der Waals surface area contributed by atoms with Crippen LogP contribution in [-0.2, 0) is 4.79 Å². The summed E-state index contributed by atoms with van der Waals surface area (Å²) >= 11 is 2.94. The molecule has 0 unspecified atom stereocenters. The number of ether oxygens (including phenoxy) is 1. The molecule has 1 aromatic carbocycles. The SMILES string of the molecule is CCOc1ccccc1Nc1nnc(S[C@@H]2CCCCNC2=O)s1. The maximum absolute atomic E-state index is 12.0. The zero-order valence-electron chi connectivity index (χ0n) is 13.4. The molecule has 24 heavy (non-hydrogen) atoms. The van der Waals surface area contributed by atoms with Gasteiger partial charge in [0, 0.05) is 6.54 Å². The van der Waals surface area contributed by atoms with Crippen LogP contribution in [0.1, 0.15) is 26.2 Å². The predicted octanol–water partition coefficient (Wildman–Crippen LogP) is 3.44. The maximum atomic E-state index is 12.0. The molecule has 0 bridgehead atoms. The highest BCUT2D eigenvalue weighted by Crippen LogP contribution is 2.34. The third-order valence-corrected chi connectivity index (χ3v) is 5.75. The molecule has 2 N–H and O–H groups in total. The van der Waals surface area contributed by atoms with Crippen LogP contribution in [0.5, 0.6) is 5.75 Å². The Morgan fingerprint density at radius 1 is 1.38 bits per heavy atom. The van der Waals surface area contributed by atoms with Crippen LogP contribution < -0.4 is 15.4 Å². The van der Waals surface area contributed by atoms with Gasteiger partial charge in [-0.15, -0.1) is 10.2 Å². The van der Waals surface area contributed by atoms with Gasteiger partial charge in [0.05, 0.1) is 17.5 Å². The molecule has 1 fully saturated rings. The number of hydrogen-bond donors (Lipinski definition) is 2. The Labute approximate surface area is 149 Å². The first-order valence-corrected chi connectivity index (χ1v) is 9.72. The molecule has 2 aromatic rings. The lowest BCUT2D eigenvalue weighted by molar-refractivity contribution is -0.120. The predicted molar refractivity (Wildman–Crippen MR) is 97.3 cm³/mol. The molecule has 0 saturated carbocycles. The standard InChI is InChI=1S/C16H20N4O2S2/c1-2-22-12-8-4-3-7-11(12)18-15-19-20-16(24-15)23-13-9-5-6-10-17-14(13)21/h3-4,7-8,13H,2,5-6,9-10H2,1H3,(H,17,21)(H,18,19)/t13-/m1/s1. The van der Waals surface area contributed by atoms with Gasteiger partial charge in [-0.25, -0.2) is 0 Å². The summed E-state index contributed by atoms with van der Waals surface area (Å²) in [6, 6.07) is 7.73. The summed E-state index contributed by atoms with van der Waals surface area (Å²) in [5.74, 6) is 0.886. The molecule has 1 aromatic heterocycles. The third kappa shape index (κ3) is 4.39. The minimum Gasteiger partial charge on any atom is -0.492 e. The topological polar surface area (TPSA) is 76.1 Å². The zero-order valence-corrected chi connectivity index (χ0v) is 15.1. The van der Waals surface area contributed by atoms with Crippen molar-refractivity contribution < 1.29 is 9.53 Å². The maximum Gasteiger partial charge on any atom is 0.233 e. The molecule has 0 aliphatic carbocycles. The van der Waals surface area contributed by atoms with Crippen molar-refractivity contribution in [1.29, 1.82) is 0 Å². The van der Waals surface area contributed by atoms with Gasteiger partial charge in [0.25, 0.3) is 0 Å². The fraction of sp³-hybridized carbons (Fsp3) is 0.438. The van der Waals surface area contributed by atoms with Crippen LogP contribution in [0.15, 0.2) is 28.6 Å². The van der Waals surface area contributed by atoms with Crippen LogP contribution in [0.3, 0.4) is 0 Å². The van der Waals surface area contributed by atoms with Gasteiger partial charge in [-0.2, -0.15) is 0 Å². The summed E-state index contributed by atoms with van der Waals surface area (Å²) in [6.07, 6.45) is 2.98. The van der Waals surface area contributed by atoms with Gasteiger partial charge < -0.3 is 15.4 Å². The normalized spacial score (nSPS) is 17.9. The highest BCUT2D eigenvalue weighted by molar-refractivity contribution is 8.02. The van der Waals surface area contributed by atoms with Gasteiger partial charge in [0.2, 0.25) is 11.0 Å². The zero-order chi connectivity index (χ0) is 16.8. The van der Waals surface area contributed by atoms with E-state index >= 15 is 0 Å². The lowest BCUT2D eigenvalue weighted by Gasteiger charge is -2.10. The summed E-state index contributed by atoms with van der Waals surface area (Å²) in [5, 5.41) is 15.2. The number of para-hydroxylation sites is 2. The Balaban J connectivity index is 1.66. The molecule has 1 amide bonds. The van der Waals surface area contributed by atoms with Crippen LogP contribution in [0.4, 0.5) is 10.8 Å². The van der Waals surface area contributed by atoms with Gasteiger partial charge in [-0.1, -0.05) is 41.7 Å². The molecule has 8 heteroatoms. The average Bonchev–Trinajstić information content (AvgIpc) is 2.92. The molecule has 1 saturated heterocycles. The molecule has 0 spiro atoms. The van der Waals surface area contributed by atoms with Crippen molar-refractivity contribution >= 4 is 39.8 Å². The van der Waals surface area contributed by atoms with E-state index in [2.05, 4.69) is 20.8 Å². The van der Waals surface area contributed by atoms with Crippen molar-refractivity contribution in [3.63, 3.8) is 0 Å². The summed E-state index contributed by atoms with van der Waals surface area (Å²) in [4.78, 5) is 12.0. The van der Waals surface area contributed by atoms with Gasteiger partial charge in [0.15, 0.2) is 4.34 Å². The molecule has 1 atom stereocenters. The lowest BCUT2D eigenvalue weighted by Crippen LogP contribution is -2.30. The molecule has 0 radical (unpaired) electrons. The van der Waals surface area contributed by atoms with Gasteiger partial charge in [-0.3, -0.25) is 4.79 Å². The molecule has 3 rings (SSSR count). The highest BCUT2D eigenvalue weighted by atomic mass is 32.2. The van der Waals surface area contributed by atoms with E-state index < -0.39 is 0 Å². The van der Waals surface area contributed by atoms with Crippen LogP contribution in [0, 0.1) is 0 Å². The number of thioether (sulfide) groups is 1. The minimum atomic E-state index is -0.0796. The largest absolute Gasteiger partial charge is 0.492 e. The number of benzene rings is 1. The van der Waals surface area contributed by atoms with Crippen LogP contribution in [0.2, 0.25) is 0 Å². The molecule has 128 valence electrons. The van der Waals surface area contributed by atoms with Gasteiger partial charge >= 0.3 is 0 Å². The second-order valence-corrected chi connectivity index (χ2v) is 7.75. The summed E-state index contributed by atoms with van der Waals surface area (Å²) < 4.78 is 6.40. The van der Waals surface area contributed by atoms with Crippen LogP contribution in [-0.4, -0.2) is 34.5 Å². The highest BCUT2D eigenvalue weighted by Gasteiger charge is 2.23. The van der Waals surface area contributed by atoms with E-state index in [-0.39, 0.29) is 11.2 Å². The number of nitrogens with zero attached hydrogens (tertiary/aromatic N) is 2. The second-order valence-electron chi connectivity index (χ2n) is 5.32. The quantitative estimate of drug-likeness (QED) is 0.818. The Kier molecular flexibility index (Phi) is 5.92. The van der Waals surface area contributed by atoms with Gasteiger partial charge in [-0.05, 0) is 31.9 Å². The fourth-order valence-corrected chi connectivity index (χ4v) is 4.49. The van der Waals surface area contributed by atoms with E-state index in [0.717, 1.165) is 41.6 Å². The smallest absolute Gasteiger partial charge is 0.233 e. The molecule has 2 heterocycles. The van der Waals surface area contributed by atoms with Crippen molar-refractivity contribution in [2.24, 2.45) is 0 Å². The molecular weight excluding hydrogens is 344 g/mol. The number of carbonyl (C=O) groups excluding carboxylic acids is 1. The first-order valence-electron chi connectivity index (χ1n) is 8.03. The van der Waals surface area contributed by atoms with Crippen molar-refractivity contribution in [1.82, 2.24) is 15.5 Å². The number of hydrogen-bond acceptors (Lipinski definition) is 7. The monoisotopic (exact) mass is 364 g/mol. The Morgan fingerprint density at radius 2 is 2.25 bits per heavy atom. The lowest BCUT2D eigenvalue weighted by atomic mass is 10.2. The third-order valence-electron chi connectivity index (χ3n) is 3.56. The number of amides is 1. The number of aromatic nitrogens is 2. The van der Waals surface area contributed by atoms with Crippen molar-refractivity contribution in [3.8, 4) is 5.75 Å². The molecule has 6 nitrogen and oxygen atoms in total. The van der Waals surface area contributed by atoms with Crippen molar-refractivity contribution in [3.05, 3.63) is 24.3 Å². The molecule has 1 aliphatic heterocycles.